The number of hydrogen-bond acceptors (Lipinski definition) is 2. The first-order valence-electron chi connectivity index (χ1n) is 12.9. The maximum atomic E-state index is 15.1. The quantitative estimate of drug-likeness (QED) is 0.146. The largest absolute Gasteiger partial charge is 0.494 e. The SMILES string of the molecule is CCCCOc1ccc(/C=C/c2ccc(-c3ccc(-c4ccc(OCCC)cc4)c(F)c3F)cc2)cc1F. The number of rotatable bonds is 11. The lowest BCUT2D eigenvalue weighted by molar-refractivity contribution is 0.294. The molecule has 0 aliphatic rings. The summed E-state index contributed by atoms with van der Waals surface area (Å²) in [6, 6.07) is 22.1. The molecule has 5 heteroatoms. The second-order valence-electron chi connectivity index (χ2n) is 9.01. The third-order valence-corrected chi connectivity index (χ3v) is 6.12. The molecule has 0 unspecified atom stereocenters. The molecule has 4 aromatic carbocycles. The number of halogens is 3. The van der Waals surface area contributed by atoms with Gasteiger partial charge in [0.2, 0.25) is 0 Å². The fourth-order valence-electron chi connectivity index (χ4n) is 3.98. The van der Waals surface area contributed by atoms with E-state index in [1.165, 1.54) is 6.07 Å². The van der Waals surface area contributed by atoms with Crippen molar-refractivity contribution in [2.75, 3.05) is 13.2 Å². The van der Waals surface area contributed by atoms with Gasteiger partial charge in [0.1, 0.15) is 5.75 Å². The van der Waals surface area contributed by atoms with E-state index in [2.05, 4.69) is 6.92 Å². The van der Waals surface area contributed by atoms with Crippen LogP contribution in [0.25, 0.3) is 34.4 Å². The molecule has 0 spiro atoms. The molecule has 0 radical (unpaired) electrons. The molecule has 0 atom stereocenters. The van der Waals surface area contributed by atoms with E-state index in [0.29, 0.717) is 35.7 Å². The minimum Gasteiger partial charge on any atom is -0.494 e. The highest BCUT2D eigenvalue weighted by atomic mass is 19.2. The maximum absolute atomic E-state index is 15.1. The van der Waals surface area contributed by atoms with Crippen LogP contribution in [0, 0.1) is 17.5 Å². The van der Waals surface area contributed by atoms with E-state index in [1.807, 2.05) is 25.1 Å². The first-order valence-corrected chi connectivity index (χ1v) is 12.9. The monoisotopic (exact) mass is 516 g/mol. The summed E-state index contributed by atoms with van der Waals surface area (Å²) in [5.41, 5.74) is 3.07. The molecule has 0 aliphatic heterocycles. The molecule has 0 bridgehead atoms. The Hall–Kier alpha value is -3.99. The summed E-state index contributed by atoms with van der Waals surface area (Å²) in [5, 5.41) is 0. The summed E-state index contributed by atoms with van der Waals surface area (Å²) in [6.07, 6.45) is 6.38. The van der Waals surface area contributed by atoms with Gasteiger partial charge in [-0.05, 0) is 59.4 Å². The summed E-state index contributed by atoms with van der Waals surface area (Å²) < 4.78 is 55.4. The minimum atomic E-state index is -0.895. The molecule has 196 valence electrons. The van der Waals surface area contributed by atoms with Crippen LogP contribution in [-0.2, 0) is 0 Å². The van der Waals surface area contributed by atoms with Gasteiger partial charge in [0.15, 0.2) is 23.2 Å². The Kier molecular flexibility index (Phi) is 9.26. The second-order valence-corrected chi connectivity index (χ2v) is 9.01. The van der Waals surface area contributed by atoms with E-state index in [1.54, 1.807) is 66.7 Å². The van der Waals surface area contributed by atoms with Crippen molar-refractivity contribution in [1.29, 1.82) is 0 Å². The van der Waals surface area contributed by atoms with Crippen molar-refractivity contribution in [3.8, 4) is 33.8 Å². The Morgan fingerprint density at radius 1 is 0.605 bits per heavy atom. The topological polar surface area (TPSA) is 18.5 Å². The van der Waals surface area contributed by atoms with Crippen molar-refractivity contribution < 1.29 is 22.6 Å². The fraction of sp³-hybridized carbons (Fsp3) is 0.212. The van der Waals surface area contributed by atoms with Gasteiger partial charge in [-0.2, -0.15) is 0 Å². The third-order valence-electron chi connectivity index (χ3n) is 6.12. The molecule has 38 heavy (non-hydrogen) atoms. The van der Waals surface area contributed by atoms with Gasteiger partial charge in [-0.3, -0.25) is 0 Å². The Bertz CT molecular complexity index is 1380. The van der Waals surface area contributed by atoms with Crippen molar-refractivity contribution in [2.24, 2.45) is 0 Å². The zero-order valence-electron chi connectivity index (χ0n) is 21.6. The predicted molar refractivity (Wildman–Crippen MR) is 149 cm³/mol. The molecular weight excluding hydrogens is 485 g/mol. The zero-order chi connectivity index (χ0) is 26.9. The molecule has 0 N–H and O–H groups in total. The standard InChI is InChI=1S/C33H31F3O2/c1-3-5-21-38-31-19-10-24(22-30(31)34)7-6-23-8-11-25(12-9-23)28-17-18-29(33(36)32(28)35)26-13-15-27(16-14-26)37-20-4-2/h6-19,22H,3-5,20-21H2,1-2H3/b7-6+. The molecule has 2 nitrogen and oxygen atoms in total. The fourth-order valence-corrected chi connectivity index (χ4v) is 3.98. The van der Waals surface area contributed by atoms with Crippen LogP contribution in [0.1, 0.15) is 44.2 Å². The van der Waals surface area contributed by atoms with Gasteiger partial charge in [-0.15, -0.1) is 0 Å². The van der Waals surface area contributed by atoms with Crippen LogP contribution in [0.15, 0.2) is 78.9 Å². The van der Waals surface area contributed by atoms with Crippen molar-refractivity contribution in [2.45, 2.75) is 33.1 Å². The number of hydrogen-bond donors (Lipinski definition) is 0. The Morgan fingerprint density at radius 3 is 1.76 bits per heavy atom. The summed E-state index contributed by atoms with van der Waals surface area (Å²) in [7, 11) is 0. The predicted octanol–water partition coefficient (Wildman–Crippen LogP) is 9.58. The molecular formula is C33H31F3O2. The van der Waals surface area contributed by atoms with E-state index in [4.69, 9.17) is 9.47 Å². The highest BCUT2D eigenvalue weighted by Gasteiger charge is 2.16. The van der Waals surface area contributed by atoms with Gasteiger partial charge in [-0.1, -0.05) is 87.0 Å². The van der Waals surface area contributed by atoms with Crippen molar-refractivity contribution >= 4 is 12.2 Å². The van der Waals surface area contributed by atoms with E-state index in [-0.39, 0.29) is 16.9 Å². The van der Waals surface area contributed by atoms with Gasteiger partial charge >= 0.3 is 0 Å². The third kappa shape index (κ3) is 6.65. The van der Waals surface area contributed by atoms with E-state index >= 15 is 8.78 Å². The maximum Gasteiger partial charge on any atom is 0.167 e. The Morgan fingerprint density at radius 2 is 1.18 bits per heavy atom. The molecule has 0 aliphatic carbocycles. The Labute approximate surface area is 222 Å². The number of benzene rings is 4. The van der Waals surface area contributed by atoms with Crippen molar-refractivity contribution in [1.82, 2.24) is 0 Å². The summed E-state index contributed by atoms with van der Waals surface area (Å²) in [4.78, 5) is 0. The van der Waals surface area contributed by atoms with Gasteiger partial charge in [0, 0.05) is 11.1 Å². The molecule has 0 saturated carbocycles. The molecule has 0 amide bonds. The summed E-state index contributed by atoms with van der Waals surface area (Å²) in [6.45, 7) is 5.16. The van der Waals surface area contributed by atoms with Gasteiger partial charge in [0.05, 0.1) is 13.2 Å². The van der Waals surface area contributed by atoms with Crippen LogP contribution in [-0.4, -0.2) is 13.2 Å². The second kappa shape index (κ2) is 13.0. The minimum absolute atomic E-state index is 0.186. The molecule has 0 heterocycles. The lowest BCUT2D eigenvalue weighted by Gasteiger charge is -2.10. The van der Waals surface area contributed by atoms with Crippen LogP contribution >= 0.6 is 0 Å². The van der Waals surface area contributed by atoms with Gasteiger partial charge in [-0.25, -0.2) is 13.2 Å². The van der Waals surface area contributed by atoms with Crippen molar-refractivity contribution in [3.05, 3.63) is 107 Å². The van der Waals surface area contributed by atoms with E-state index < -0.39 is 17.5 Å². The van der Waals surface area contributed by atoms with Crippen LogP contribution < -0.4 is 9.47 Å². The average Bonchev–Trinajstić information content (AvgIpc) is 2.94. The van der Waals surface area contributed by atoms with E-state index in [0.717, 1.165) is 24.8 Å². The highest BCUT2D eigenvalue weighted by molar-refractivity contribution is 5.75. The van der Waals surface area contributed by atoms with Crippen LogP contribution in [0.3, 0.4) is 0 Å². The molecule has 0 saturated heterocycles. The highest BCUT2D eigenvalue weighted by Crippen LogP contribution is 2.32. The first kappa shape index (κ1) is 27.1. The van der Waals surface area contributed by atoms with Crippen LogP contribution in [0.2, 0.25) is 0 Å². The van der Waals surface area contributed by atoms with Crippen molar-refractivity contribution in [3.63, 3.8) is 0 Å². The number of unbranched alkanes of at least 4 members (excludes halogenated alkanes) is 1. The molecule has 0 aromatic heterocycles. The smallest absolute Gasteiger partial charge is 0.167 e. The normalized spacial score (nSPS) is 11.2. The zero-order valence-corrected chi connectivity index (χ0v) is 21.6. The molecule has 4 rings (SSSR count). The van der Waals surface area contributed by atoms with E-state index in [9.17, 15) is 4.39 Å². The first-order chi connectivity index (χ1) is 18.5. The van der Waals surface area contributed by atoms with Crippen LogP contribution in [0.5, 0.6) is 11.5 Å². The lowest BCUT2D eigenvalue weighted by Crippen LogP contribution is -1.98. The summed E-state index contributed by atoms with van der Waals surface area (Å²) >= 11 is 0. The average molecular weight is 517 g/mol. The van der Waals surface area contributed by atoms with Gasteiger partial charge in [0.25, 0.3) is 0 Å². The Balaban J connectivity index is 1.46. The molecule has 0 fully saturated rings. The lowest BCUT2D eigenvalue weighted by atomic mass is 9.98. The van der Waals surface area contributed by atoms with Gasteiger partial charge < -0.3 is 9.47 Å². The number of ether oxygens (including phenoxy) is 2. The molecule has 4 aromatic rings. The summed E-state index contributed by atoms with van der Waals surface area (Å²) in [5.74, 6) is -1.24. The van der Waals surface area contributed by atoms with Crippen LogP contribution in [0.4, 0.5) is 13.2 Å².